The van der Waals surface area contributed by atoms with Crippen molar-refractivity contribution < 1.29 is 112 Å². The molecule has 1 fully saturated rings. The Hall–Kier alpha value is -8.28. The highest BCUT2D eigenvalue weighted by Crippen LogP contribution is 2.40. The van der Waals surface area contributed by atoms with E-state index in [1.807, 2.05) is 20.8 Å². The van der Waals surface area contributed by atoms with Gasteiger partial charge in [-0.2, -0.15) is 4.39 Å². The number of amides is 7. The molecule has 0 radical (unpaired) electrons. The number of nitrogens with zero attached hydrogens (tertiary/aromatic N) is 4. The monoisotopic (exact) mass is 1440 g/mol. The van der Waals surface area contributed by atoms with Crippen molar-refractivity contribution in [2.24, 2.45) is 5.41 Å². The molecule has 1 aliphatic heterocycles. The molecule has 35 heteroatoms. The fourth-order valence-electron chi connectivity index (χ4n) is 10.7. The van der Waals surface area contributed by atoms with Gasteiger partial charge in [-0.25, -0.2) is 19.2 Å². The number of nitrogens with one attached hydrogen (secondary N) is 7. The first-order chi connectivity index (χ1) is 46.9. The number of carboxylic acid groups (broad SMARTS) is 8. The Labute approximate surface area is 584 Å². The number of aliphatic carboxylic acids is 8. The summed E-state index contributed by atoms with van der Waals surface area (Å²) in [6.07, 6.45) is 2.09. The van der Waals surface area contributed by atoms with Crippen LogP contribution in [0.1, 0.15) is 161 Å². The third-order valence-corrected chi connectivity index (χ3v) is 19.3. The molecule has 1 heterocycles. The SMILES string of the molecule is CC(C)(C)[C@H](F)[S+](c1ccc(C(=O)NC[C@@H](NC(=O)CC[C@@H](C(=O)O)N2CCN(CC(=O)[O-])CCN(CC(=O)O)CCN(CC(=O)O)CC2)C(=O)N[C@@H](CCCCNC(=O)CCCCCCC(=O)NCCCC[C@H](NC(=O)N[C@@H](CCCC(=O)O)C(=O)O)C(=O)O)C(=O)O)cc1)C(C)(C)C. The third-order valence-electron chi connectivity index (χ3n) is 16.1. The zero-order valence-corrected chi connectivity index (χ0v) is 58.8. The highest BCUT2D eigenvalue weighted by atomic mass is 32.2. The van der Waals surface area contributed by atoms with Gasteiger partial charge in [-0.15, -0.1) is 0 Å². The van der Waals surface area contributed by atoms with Gasteiger partial charge in [0.15, 0.2) is 4.90 Å². The van der Waals surface area contributed by atoms with Crippen molar-refractivity contribution in [1.29, 1.82) is 0 Å². The normalized spacial score (nSPS) is 16.0. The topological polar surface area (TPSA) is 501 Å². The van der Waals surface area contributed by atoms with Crippen LogP contribution in [0.15, 0.2) is 29.2 Å². The van der Waals surface area contributed by atoms with Crippen LogP contribution < -0.4 is 42.3 Å². The van der Waals surface area contributed by atoms with E-state index in [4.69, 9.17) is 5.11 Å². The predicted octanol–water partition coefficient (Wildman–Crippen LogP) is 0.336. The molecular formula is C65H104FN11O22S. The highest BCUT2D eigenvalue weighted by Gasteiger charge is 2.49. The summed E-state index contributed by atoms with van der Waals surface area (Å²) < 4.78 is 15.5. The van der Waals surface area contributed by atoms with Gasteiger partial charge in [0, 0.05) is 115 Å². The number of hydrogen-bond donors (Lipinski definition) is 14. The second-order valence-corrected chi connectivity index (χ2v) is 29.4. The first kappa shape index (κ1) is 87.8. The van der Waals surface area contributed by atoms with Crippen LogP contribution in [-0.4, -0.2) is 271 Å². The molecule has 7 atom stereocenters. The van der Waals surface area contributed by atoms with Gasteiger partial charge >= 0.3 is 47.8 Å². The van der Waals surface area contributed by atoms with E-state index in [1.165, 1.54) is 31.7 Å². The minimum absolute atomic E-state index is 0.0160. The molecule has 1 aromatic carbocycles. The average molecular weight is 1440 g/mol. The molecule has 1 saturated heterocycles. The summed E-state index contributed by atoms with van der Waals surface area (Å²) in [4.78, 5) is 180. The Morgan fingerprint density at radius 3 is 1.32 bits per heavy atom. The maximum absolute atomic E-state index is 16.0. The van der Waals surface area contributed by atoms with Crippen LogP contribution in [0.2, 0.25) is 0 Å². The third kappa shape index (κ3) is 36.7. The molecule has 0 saturated carbocycles. The Morgan fingerprint density at radius 1 is 0.470 bits per heavy atom. The largest absolute Gasteiger partial charge is 0.549 e. The minimum Gasteiger partial charge on any atom is -0.549 e. The zero-order valence-electron chi connectivity index (χ0n) is 58.0. The summed E-state index contributed by atoms with van der Waals surface area (Å²) in [5, 5.41) is 96.8. The first-order valence-corrected chi connectivity index (χ1v) is 34.8. The predicted molar refractivity (Wildman–Crippen MR) is 359 cm³/mol. The molecule has 33 nitrogen and oxygen atoms in total. The van der Waals surface area contributed by atoms with Crippen LogP contribution in [0.5, 0.6) is 0 Å². The minimum atomic E-state index is -1.65. The summed E-state index contributed by atoms with van der Waals surface area (Å²) in [7, 11) is -0.926. The van der Waals surface area contributed by atoms with E-state index in [9.17, 15) is 103 Å². The molecule has 1 aliphatic rings. The second-order valence-electron chi connectivity index (χ2n) is 26.6. The van der Waals surface area contributed by atoms with Crippen molar-refractivity contribution in [2.45, 2.75) is 196 Å². The van der Waals surface area contributed by atoms with Crippen LogP contribution in [0.25, 0.3) is 0 Å². The fourth-order valence-corrected chi connectivity index (χ4v) is 13.4. The van der Waals surface area contributed by atoms with Crippen molar-refractivity contribution >= 4 is 94.2 Å². The zero-order chi connectivity index (χ0) is 75.3. The van der Waals surface area contributed by atoms with Crippen molar-refractivity contribution in [3.63, 3.8) is 0 Å². The van der Waals surface area contributed by atoms with E-state index in [0.29, 0.717) is 37.0 Å². The lowest BCUT2D eigenvalue weighted by Crippen LogP contribution is -2.56. The van der Waals surface area contributed by atoms with E-state index < -0.39 is 167 Å². The number of urea groups is 1. The molecule has 14 N–H and O–H groups in total. The number of carbonyl (C=O) groups excluding carboxylic acids is 7. The van der Waals surface area contributed by atoms with Crippen LogP contribution >= 0.6 is 0 Å². The van der Waals surface area contributed by atoms with Gasteiger partial charge < -0.3 is 82.9 Å². The lowest BCUT2D eigenvalue weighted by atomic mass is 9.99. The molecule has 564 valence electrons. The molecule has 1 aromatic rings. The van der Waals surface area contributed by atoms with E-state index in [0.717, 1.165) is 0 Å². The Kier molecular flexibility index (Phi) is 39.9. The maximum atomic E-state index is 16.0. The van der Waals surface area contributed by atoms with Crippen molar-refractivity contribution in [1.82, 2.24) is 56.8 Å². The van der Waals surface area contributed by atoms with Crippen LogP contribution in [0.4, 0.5) is 9.18 Å². The molecule has 7 amide bonds. The summed E-state index contributed by atoms with van der Waals surface area (Å²) in [5.41, 5.74) is -1.84. The van der Waals surface area contributed by atoms with Gasteiger partial charge in [-0.05, 0) is 116 Å². The van der Waals surface area contributed by atoms with E-state index in [1.54, 1.807) is 32.9 Å². The molecule has 0 aromatic heterocycles. The van der Waals surface area contributed by atoms with Gasteiger partial charge in [0.25, 0.3) is 11.4 Å². The number of carbonyl (C=O) groups is 14. The number of halogens is 1. The van der Waals surface area contributed by atoms with Crippen molar-refractivity contribution in [2.75, 3.05) is 91.6 Å². The molecule has 1 unspecified atom stereocenters. The quantitative estimate of drug-likeness (QED) is 0.0309. The van der Waals surface area contributed by atoms with Gasteiger partial charge in [0.1, 0.15) is 35.0 Å². The Bertz CT molecular complexity index is 2850. The second kappa shape index (κ2) is 45.5. The summed E-state index contributed by atoms with van der Waals surface area (Å²) in [5.74, 6) is -13.8. The smallest absolute Gasteiger partial charge is 0.326 e. The molecular weight excluding hydrogens is 1340 g/mol. The van der Waals surface area contributed by atoms with Crippen molar-refractivity contribution in [3.05, 3.63) is 29.8 Å². The number of benzene rings is 1. The van der Waals surface area contributed by atoms with E-state index in [-0.39, 0.29) is 147 Å². The van der Waals surface area contributed by atoms with Gasteiger partial charge in [-0.3, -0.25) is 62.8 Å². The van der Waals surface area contributed by atoms with Crippen LogP contribution in [0, 0.1) is 5.41 Å². The number of unbranched alkanes of at least 4 members (excludes halogenated alkanes) is 5. The summed E-state index contributed by atoms with van der Waals surface area (Å²) in [6.45, 7) is 9.27. The lowest BCUT2D eigenvalue weighted by Gasteiger charge is -2.35. The lowest BCUT2D eigenvalue weighted by molar-refractivity contribution is -0.306. The number of carboxylic acids is 8. The van der Waals surface area contributed by atoms with Gasteiger partial charge in [-0.1, -0.05) is 33.6 Å². The summed E-state index contributed by atoms with van der Waals surface area (Å²) in [6, 6.07) is -2.20. The average Bonchev–Trinajstić information content (AvgIpc) is 0.795. The summed E-state index contributed by atoms with van der Waals surface area (Å²) >= 11 is 0. The number of alkyl halides is 1. The van der Waals surface area contributed by atoms with Crippen molar-refractivity contribution in [3.8, 4) is 0 Å². The number of hydrogen-bond acceptors (Lipinski definition) is 19. The van der Waals surface area contributed by atoms with Gasteiger partial charge in [0.05, 0.1) is 30.0 Å². The van der Waals surface area contributed by atoms with E-state index >= 15 is 4.39 Å². The highest BCUT2D eigenvalue weighted by molar-refractivity contribution is 7.98. The standard InChI is InChI=1S/C65H104FN11O22S/c1-64(2,3)62(66)100(65(4,5)6)43-24-22-42(23-25-43)56(89)69-38-47(70-51(80)27-26-48(61(97)98)77-36-34-75(40-54(85)86)32-30-74(39-53(83)84)31-33-76(35-37-77)41-55(87)88)57(90)71-44(58(91)92)16-11-13-28-67-49(78)19-9-7-8-10-20-50(79)68-29-14-12-17-45(59(93)94)72-63(99)73-46(60(95)96)18-15-21-52(81)82/h22-25,44-48,62H,7-21,26-41H2,1-6H3,(H14-,67,68,69,70,71,72,73,78,79,80,81,82,83,84,85,86,87,88,89,90,91,92,93,94,95,96,97,98,99)/t44-,45-,46-,47+,48-,62+,100?/m0/s1. The first-order valence-electron chi connectivity index (χ1n) is 33.5. The Balaban J connectivity index is 2.09. The van der Waals surface area contributed by atoms with Gasteiger partial charge in [0.2, 0.25) is 23.6 Å². The fraction of sp³-hybridized carbons (Fsp3) is 0.692. The van der Waals surface area contributed by atoms with Crippen LogP contribution in [0.3, 0.4) is 0 Å². The Morgan fingerprint density at radius 2 is 0.910 bits per heavy atom. The molecule has 100 heavy (non-hydrogen) atoms. The molecule has 2 rings (SSSR count). The molecule has 0 spiro atoms. The maximum Gasteiger partial charge on any atom is 0.326 e. The van der Waals surface area contributed by atoms with Crippen LogP contribution in [-0.2, 0) is 68.4 Å². The number of rotatable bonds is 45. The molecule has 0 bridgehead atoms. The van der Waals surface area contributed by atoms with E-state index in [2.05, 4.69) is 37.2 Å². The molecule has 0 aliphatic carbocycles.